The van der Waals surface area contributed by atoms with Crippen LogP contribution in [0.2, 0.25) is 0 Å². The van der Waals surface area contributed by atoms with Crippen molar-refractivity contribution in [3.05, 3.63) is 94.5 Å². The summed E-state index contributed by atoms with van der Waals surface area (Å²) in [6.07, 6.45) is 0. The zero-order valence-electron chi connectivity index (χ0n) is 23.9. The molecule has 3 rings (SSSR count). The second-order valence-electron chi connectivity index (χ2n) is 10.4. The zero-order valence-corrected chi connectivity index (χ0v) is 24.7. The van der Waals surface area contributed by atoms with Gasteiger partial charge in [0.1, 0.15) is 12.6 Å². The first-order valence-electron chi connectivity index (χ1n) is 13.1. The lowest BCUT2D eigenvalue weighted by molar-refractivity contribution is -0.139. The predicted octanol–water partition coefficient (Wildman–Crippen LogP) is 5.06. The topological polar surface area (TPSA) is 86.8 Å². The third-order valence-corrected chi connectivity index (χ3v) is 8.53. The quantitative estimate of drug-likeness (QED) is 0.383. The van der Waals surface area contributed by atoms with Crippen molar-refractivity contribution in [1.82, 2.24) is 10.2 Å². The molecular formula is C31H39N3O4S. The Labute approximate surface area is 232 Å². The number of aryl methyl sites for hydroxylation is 4. The van der Waals surface area contributed by atoms with E-state index < -0.39 is 28.5 Å². The van der Waals surface area contributed by atoms with E-state index in [9.17, 15) is 18.0 Å². The number of nitrogens with one attached hydrogen (secondary N) is 1. The lowest BCUT2D eigenvalue weighted by atomic mass is 10.1. The van der Waals surface area contributed by atoms with E-state index in [2.05, 4.69) is 5.32 Å². The maximum Gasteiger partial charge on any atom is 0.264 e. The van der Waals surface area contributed by atoms with E-state index in [4.69, 9.17) is 0 Å². The van der Waals surface area contributed by atoms with Crippen molar-refractivity contribution in [3.63, 3.8) is 0 Å². The molecule has 0 saturated heterocycles. The smallest absolute Gasteiger partial charge is 0.264 e. The first-order chi connectivity index (χ1) is 18.3. The van der Waals surface area contributed by atoms with Gasteiger partial charge in [0.25, 0.3) is 10.0 Å². The normalized spacial score (nSPS) is 12.2. The van der Waals surface area contributed by atoms with Crippen molar-refractivity contribution in [1.29, 1.82) is 0 Å². The number of benzene rings is 3. The van der Waals surface area contributed by atoms with Crippen molar-refractivity contribution in [2.75, 3.05) is 10.8 Å². The van der Waals surface area contributed by atoms with Crippen LogP contribution in [0.4, 0.5) is 5.69 Å². The number of amides is 2. The first-order valence-corrected chi connectivity index (χ1v) is 14.6. The molecule has 1 N–H and O–H groups in total. The molecular weight excluding hydrogens is 510 g/mol. The molecule has 0 bridgehead atoms. The summed E-state index contributed by atoms with van der Waals surface area (Å²) in [4.78, 5) is 28.5. The van der Waals surface area contributed by atoms with Gasteiger partial charge in [0, 0.05) is 12.6 Å². The van der Waals surface area contributed by atoms with E-state index in [1.54, 1.807) is 43.3 Å². The van der Waals surface area contributed by atoms with Crippen LogP contribution in [-0.4, -0.2) is 43.8 Å². The van der Waals surface area contributed by atoms with Crippen LogP contribution in [-0.2, 0) is 26.2 Å². The molecule has 1 atom stereocenters. The summed E-state index contributed by atoms with van der Waals surface area (Å²) in [5.41, 5.74) is 5.16. The molecule has 39 heavy (non-hydrogen) atoms. The minimum Gasteiger partial charge on any atom is -0.352 e. The van der Waals surface area contributed by atoms with E-state index in [-0.39, 0.29) is 23.4 Å². The number of hydrogen-bond donors (Lipinski definition) is 1. The zero-order chi connectivity index (χ0) is 28.9. The molecule has 0 aliphatic carbocycles. The molecule has 2 amide bonds. The van der Waals surface area contributed by atoms with E-state index >= 15 is 0 Å². The fourth-order valence-electron chi connectivity index (χ4n) is 4.12. The van der Waals surface area contributed by atoms with Gasteiger partial charge in [-0.3, -0.25) is 13.9 Å². The maximum absolute atomic E-state index is 14.0. The highest BCUT2D eigenvalue weighted by Gasteiger charge is 2.32. The number of sulfonamides is 1. The second kappa shape index (κ2) is 12.5. The Morgan fingerprint density at radius 2 is 1.36 bits per heavy atom. The van der Waals surface area contributed by atoms with Gasteiger partial charge in [-0.15, -0.1) is 0 Å². The summed E-state index contributed by atoms with van der Waals surface area (Å²) in [6, 6.07) is 18.7. The number of hydrogen-bond acceptors (Lipinski definition) is 4. The summed E-state index contributed by atoms with van der Waals surface area (Å²) in [5, 5.41) is 2.87. The number of nitrogens with zero attached hydrogens (tertiary/aromatic N) is 2. The van der Waals surface area contributed by atoms with Crippen LogP contribution in [0.1, 0.15) is 48.6 Å². The average molecular weight is 550 g/mol. The number of carbonyl (C=O) groups excluding carboxylic acids is 2. The molecule has 7 nitrogen and oxygen atoms in total. The molecule has 0 heterocycles. The molecule has 208 valence electrons. The minimum atomic E-state index is -4.09. The summed E-state index contributed by atoms with van der Waals surface area (Å²) < 4.78 is 29.0. The van der Waals surface area contributed by atoms with Gasteiger partial charge in [0.05, 0.1) is 10.6 Å². The van der Waals surface area contributed by atoms with Crippen molar-refractivity contribution in [2.24, 2.45) is 0 Å². The van der Waals surface area contributed by atoms with Gasteiger partial charge in [0.15, 0.2) is 0 Å². The minimum absolute atomic E-state index is 0.0924. The lowest BCUT2D eigenvalue weighted by Crippen LogP contribution is -2.52. The van der Waals surface area contributed by atoms with Crippen molar-refractivity contribution >= 4 is 27.5 Å². The Hall–Kier alpha value is -3.65. The molecule has 0 aliphatic heterocycles. The molecule has 8 heteroatoms. The Morgan fingerprint density at radius 3 is 1.90 bits per heavy atom. The number of carbonyl (C=O) groups is 2. The fraction of sp³-hybridized carbons (Fsp3) is 0.355. The van der Waals surface area contributed by atoms with Crippen LogP contribution < -0.4 is 9.62 Å². The van der Waals surface area contributed by atoms with Crippen LogP contribution >= 0.6 is 0 Å². The highest BCUT2D eigenvalue weighted by Crippen LogP contribution is 2.27. The van der Waals surface area contributed by atoms with Gasteiger partial charge in [-0.05, 0) is 89.4 Å². The van der Waals surface area contributed by atoms with Gasteiger partial charge >= 0.3 is 0 Å². The SMILES string of the molecule is Cc1ccc(CN(C(=O)CN(c2ccc(C)c(C)c2)S(=O)(=O)c2ccc(C)cc2)[C@H](C)C(=O)NC(C)C)cc1. The summed E-state index contributed by atoms with van der Waals surface area (Å²) in [6.45, 7) is 12.8. The number of anilines is 1. The molecule has 0 saturated carbocycles. The molecule has 3 aromatic carbocycles. The molecule has 0 unspecified atom stereocenters. The molecule has 0 fully saturated rings. The van der Waals surface area contributed by atoms with Crippen molar-refractivity contribution < 1.29 is 18.0 Å². The third kappa shape index (κ3) is 7.47. The molecule has 0 aromatic heterocycles. The first kappa shape index (κ1) is 29.9. The standard InChI is InChI=1S/C31H39N3O4S/c1-21(2)32-31(36)26(7)33(19-27-13-8-22(3)9-14-27)30(35)20-34(28-15-12-24(5)25(6)18-28)39(37,38)29-16-10-23(4)11-17-29/h8-18,21,26H,19-20H2,1-7H3,(H,32,36)/t26-/m1/s1. The molecule has 3 aromatic rings. The van der Waals surface area contributed by atoms with Gasteiger partial charge < -0.3 is 10.2 Å². The Balaban J connectivity index is 2.05. The average Bonchev–Trinajstić information content (AvgIpc) is 2.88. The van der Waals surface area contributed by atoms with Gasteiger partial charge in [-0.25, -0.2) is 8.42 Å². The van der Waals surface area contributed by atoms with Crippen molar-refractivity contribution in [3.8, 4) is 0 Å². The van der Waals surface area contributed by atoms with Crippen LogP contribution in [0, 0.1) is 27.7 Å². The predicted molar refractivity (Wildman–Crippen MR) is 156 cm³/mol. The van der Waals surface area contributed by atoms with Gasteiger partial charge in [-0.1, -0.05) is 53.6 Å². The van der Waals surface area contributed by atoms with Gasteiger partial charge in [0.2, 0.25) is 11.8 Å². The highest BCUT2D eigenvalue weighted by atomic mass is 32.2. The third-order valence-electron chi connectivity index (χ3n) is 6.74. The number of rotatable bonds is 10. The van der Waals surface area contributed by atoms with Crippen LogP contribution in [0.15, 0.2) is 71.6 Å². The summed E-state index contributed by atoms with van der Waals surface area (Å²) in [7, 11) is -4.09. The second-order valence-corrected chi connectivity index (χ2v) is 12.3. The molecule has 0 radical (unpaired) electrons. The van der Waals surface area contributed by atoms with E-state index in [0.29, 0.717) is 5.69 Å². The molecule has 0 spiro atoms. The highest BCUT2D eigenvalue weighted by molar-refractivity contribution is 7.92. The Bertz CT molecular complexity index is 1420. The van der Waals surface area contributed by atoms with Crippen LogP contribution in [0.25, 0.3) is 0 Å². The van der Waals surface area contributed by atoms with E-state index in [0.717, 1.165) is 32.1 Å². The molecule has 0 aliphatic rings. The maximum atomic E-state index is 14.0. The fourth-order valence-corrected chi connectivity index (χ4v) is 5.53. The van der Waals surface area contributed by atoms with Gasteiger partial charge in [-0.2, -0.15) is 0 Å². The summed E-state index contributed by atoms with van der Waals surface area (Å²) in [5.74, 6) is -0.777. The Kier molecular flexibility index (Phi) is 9.56. The van der Waals surface area contributed by atoms with Crippen LogP contribution in [0.3, 0.4) is 0 Å². The summed E-state index contributed by atoms with van der Waals surface area (Å²) >= 11 is 0. The van der Waals surface area contributed by atoms with E-state index in [1.165, 1.54) is 4.90 Å². The monoisotopic (exact) mass is 549 g/mol. The van der Waals surface area contributed by atoms with Crippen molar-refractivity contribution in [2.45, 2.75) is 72.0 Å². The van der Waals surface area contributed by atoms with E-state index in [1.807, 2.05) is 71.9 Å². The largest absolute Gasteiger partial charge is 0.352 e. The lowest BCUT2D eigenvalue weighted by Gasteiger charge is -2.32. The van der Waals surface area contributed by atoms with Crippen LogP contribution in [0.5, 0.6) is 0 Å². The Morgan fingerprint density at radius 1 is 0.795 bits per heavy atom.